The quantitative estimate of drug-likeness (QED) is 0.0891. The van der Waals surface area contributed by atoms with E-state index in [1.165, 1.54) is 13.0 Å². The van der Waals surface area contributed by atoms with Crippen molar-refractivity contribution in [3.8, 4) is 17.3 Å². The number of fused-ring (bicyclic) bond motifs is 1. The number of pyridine rings is 1. The number of hydrazine groups is 2. The van der Waals surface area contributed by atoms with E-state index in [1.807, 2.05) is 52.8 Å². The van der Waals surface area contributed by atoms with Crippen LogP contribution < -0.4 is 25.0 Å². The molecule has 0 bridgehead atoms. The Bertz CT molecular complexity index is 1400. The molecule has 2 aromatic heterocycles. The number of hydrogen-bond acceptors (Lipinski definition) is 10. The molecular weight excluding hydrogens is 784 g/mol. The maximum atomic E-state index is 16.3. The number of likely N-dealkylation sites (tertiary alicyclic amines) is 1. The molecule has 1 saturated heterocycles. The summed E-state index contributed by atoms with van der Waals surface area (Å²) in [6.45, 7) is 3.22. The number of hydrogen-bond donors (Lipinski definition) is 3. The summed E-state index contributed by atoms with van der Waals surface area (Å²) < 4.78 is 67.7. The van der Waals surface area contributed by atoms with E-state index in [0.29, 0.717) is 13.1 Å². The number of anilines is 2. The first-order valence-electron chi connectivity index (χ1n) is 12.0. The van der Waals surface area contributed by atoms with E-state index in [-0.39, 0.29) is 51.8 Å². The summed E-state index contributed by atoms with van der Waals surface area (Å²) in [5, 5.41) is -0.121. The van der Waals surface area contributed by atoms with Crippen LogP contribution in [0.1, 0.15) is 24.0 Å². The van der Waals surface area contributed by atoms with Gasteiger partial charge < -0.3 is 15.4 Å². The molecule has 1 aliphatic rings. The third-order valence-corrected chi connectivity index (χ3v) is 8.54. The Morgan fingerprint density at radius 3 is 2.58 bits per heavy atom. The van der Waals surface area contributed by atoms with Crippen LogP contribution in [0.2, 0.25) is 5.02 Å². The molecule has 1 aliphatic heterocycles. The van der Waals surface area contributed by atoms with E-state index in [1.54, 1.807) is 6.34 Å². The molecule has 1 atom stereocenters. The number of rotatable bonds is 9. The zero-order chi connectivity index (χ0) is 29.4. The average Bonchev–Trinajstić information content (AvgIpc) is 3.28. The second kappa shape index (κ2) is 12.7. The predicted molar refractivity (Wildman–Crippen MR) is 162 cm³/mol. The minimum Gasteiger partial charge on any atom is -0.462 e. The molecule has 0 radical (unpaired) electrons. The maximum Gasteiger partial charge on any atom is 0.418 e. The summed E-state index contributed by atoms with van der Waals surface area (Å²) in [5.41, 5.74) is 5.36. The average molecular weight is 810 g/mol. The SMILES string of the molecule is Cc1cc(N)nc(-c2c(Cl)cc3c(N(I)CCN(I)NN)nc(OCC4CCCN4C)nc3c2F)c1C(F)(F)F. The van der Waals surface area contributed by atoms with Gasteiger partial charge in [0.1, 0.15) is 17.9 Å². The van der Waals surface area contributed by atoms with Gasteiger partial charge in [0.05, 0.1) is 44.7 Å². The van der Waals surface area contributed by atoms with Gasteiger partial charge in [0.15, 0.2) is 11.6 Å². The van der Waals surface area contributed by atoms with Crippen molar-refractivity contribution in [3.63, 3.8) is 0 Å². The van der Waals surface area contributed by atoms with Gasteiger partial charge in [-0.3, -0.25) is 8.96 Å². The number of nitrogen functional groups attached to an aromatic ring is 1. The van der Waals surface area contributed by atoms with Gasteiger partial charge in [-0.05, 0) is 51.1 Å². The smallest absolute Gasteiger partial charge is 0.418 e. The summed E-state index contributed by atoms with van der Waals surface area (Å²) in [4.78, 5) is 14.8. The summed E-state index contributed by atoms with van der Waals surface area (Å²) in [7, 11) is 1.98. The monoisotopic (exact) mass is 809 g/mol. The molecule has 10 nitrogen and oxygen atoms in total. The fourth-order valence-electron chi connectivity index (χ4n) is 4.57. The van der Waals surface area contributed by atoms with E-state index in [4.69, 9.17) is 27.9 Å². The third-order valence-electron chi connectivity index (χ3n) is 6.54. The standard InChI is InChI=1S/C23H26ClF4I2N9O/c1-11-8-15(31)33-20(17(11)23(26,27)28)16-14(24)9-13-19(18(16)25)34-22(40-10-12-4-3-5-37(12)2)35-21(13)38(29)6-7-39(30)36-32/h8-9,12,36H,3-7,10,32H2,1-2H3,(H2,31,33). The largest absolute Gasteiger partial charge is 0.462 e. The van der Waals surface area contributed by atoms with Crippen LogP contribution in [0.4, 0.5) is 29.2 Å². The van der Waals surface area contributed by atoms with Crippen molar-refractivity contribution in [2.24, 2.45) is 5.84 Å². The lowest BCUT2D eigenvalue weighted by Gasteiger charge is -2.23. The van der Waals surface area contributed by atoms with Crippen molar-refractivity contribution in [2.75, 3.05) is 42.1 Å². The second-order valence-corrected chi connectivity index (χ2v) is 12.0. The number of benzene rings is 1. The van der Waals surface area contributed by atoms with Crippen molar-refractivity contribution in [3.05, 3.63) is 34.1 Å². The van der Waals surface area contributed by atoms with Gasteiger partial charge in [0, 0.05) is 47.4 Å². The minimum absolute atomic E-state index is 0.118. The Morgan fingerprint density at radius 1 is 1.23 bits per heavy atom. The van der Waals surface area contributed by atoms with Crippen LogP contribution in [-0.2, 0) is 6.18 Å². The van der Waals surface area contributed by atoms with E-state index in [9.17, 15) is 13.2 Å². The Labute approximate surface area is 260 Å². The van der Waals surface area contributed by atoms with Gasteiger partial charge >= 0.3 is 12.2 Å². The number of ether oxygens (including phenoxy) is 1. The zero-order valence-electron chi connectivity index (χ0n) is 21.4. The molecule has 0 amide bonds. The van der Waals surface area contributed by atoms with E-state index < -0.39 is 28.8 Å². The van der Waals surface area contributed by atoms with Crippen LogP contribution in [0.15, 0.2) is 12.1 Å². The van der Waals surface area contributed by atoms with Crippen LogP contribution in [-0.4, -0.2) is 62.4 Å². The summed E-state index contributed by atoms with van der Waals surface area (Å²) in [6.07, 6.45) is -2.91. The molecule has 17 heteroatoms. The molecule has 1 fully saturated rings. The van der Waals surface area contributed by atoms with Crippen LogP contribution >= 0.6 is 57.3 Å². The van der Waals surface area contributed by atoms with Crippen LogP contribution in [0.25, 0.3) is 22.2 Å². The maximum absolute atomic E-state index is 16.3. The molecule has 3 heterocycles. The number of nitrogens with zero attached hydrogens (tertiary/aromatic N) is 6. The fraction of sp³-hybridized carbons (Fsp3) is 0.435. The highest BCUT2D eigenvalue weighted by molar-refractivity contribution is 14.1. The van der Waals surface area contributed by atoms with Crippen molar-refractivity contribution in [1.82, 2.24) is 28.6 Å². The van der Waals surface area contributed by atoms with Gasteiger partial charge in [0.2, 0.25) is 0 Å². The highest BCUT2D eigenvalue weighted by Crippen LogP contribution is 2.44. The van der Waals surface area contributed by atoms with Crippen molar-refractivity contribution in [2.45, 2.75) is 32.0 Å². The lowest BCUT2D eigenvalue weighted by atomic mass is 9.99. The Hall–Kier alpha value is -1.58. The fourth-order valence-corrected chi connectivity index (χ4v) is 5.65. The van der Waals surface area contributed by atoms with E-state index in [0.717, 1.165) is 25.5 Å². The van der Waals surface area contributed by atoms with Crippen molar-refractivity contribution < 1.29 is 22.3 Å². The number of aryl methyl sites for hydroxylation is 1. The molecule has 0 spiro atoms. The molecule has 0 aliphatic carbocycles. The third kappa shape index (κ3) is 6.73. The van der Waals surface area contributed by atoms with Crippen LogP contribution in [0, 0.1) is 12.7 Å². The van der Waals surface area contributed by atoms with Crippen LogP contribution in [0.3, 0.4) is 0 Å². The van der Waals surface area contributed by atoms with Gasteiger partial charge in [-0.2, -0.15) is 31.9 Å². The first kappa shape index (κ1) is 31.4. The number of nitrogens with one attached hydrogen (secondary N) is 1. The van der Waals surface area contributed by atoms with Gasteiger partial charge in [-0.25, -0.2) is 9.37 Å². The van der Waals surface area contributed by atoms with Gasteiger partial charge in [-0.1, -0.05) is 11.6 Å². The zero-order valence-corrected chi connectivity index (χ0v) is 26.4. The van der Waals surface area contributed by atoms with Crippen molar-refractivity contribution >= 4 is 79.9 Å². The van der Waals surface area contributed by atoms with Gasteiger partial charge in [-0.15, -0.1) is 0 Å². The number of halogens is 7. The van der Waals surface area contributed by atoms with E-state index >= 15 is 4.39 Å². The van der Waals surface area contributed by atoms with Crippen LogP contribution in [0.5, 0.6) is 6.01 Å². The lowest BCUT2D eigenvalue weighted by Crippen LogP contribution is -2.38. The highest BCUT2D eigenvalue weighted by Gasteiger charge is 2.38. The minimum atomic E-state index is -4.84. The Kier molecular flexibility index (Phi) is 9.99. The topological polar surface area (TPSA) is 122 Å². The normalized spacial score (nSPS) is 16.3. The number of likely N-dealkylation sites (N-methyl/N-ethyl adjacent to an activating group) is 1. The number of aromatic nitrogens is 3. The molecule has 0 saturated carbocycles. The van der Waals surface area contributed by atoms with E-state index in [2.05, 4.69) is 25.4 Å². The first-order chi connectivity index (χ1) is 18.8. The summed E-state index contributed by atoms with van der Waals surface area (Å²) >= 11 is 10.4. The Balaban J connectivity index is 1.89. The molecule has 40 heavy (non-hydrogen) atoms. The number of nitrogens with two attached hydrogens (primary N) is 2. The molecule has 218 valence electrons. The lowest BCUT2D eigenvalue weighted by molar-refractivity contribution is -0.137. The highest BCUT2D eigenvalue weighted by atomic mass is 127. The first-order valence-corrected chi connectivity index (χ1v) is 14.3. The summed E-state index contributed by atoms with van der Waals surface area (Å²) in [6, 6.07) is 2.41. The second-order valence-electron chi connectivity index (χ2n) is 9.25. The Morgan fingerprint density at radius 2 is 1.95 bits per heavy atom. The number of alkyl halides is 3. The molecule has 1 unspecified atom stereocenters. The summed E-state index contributed by atoms with van der Waals surface area (Å²) in [5.74, 6) is 4.39. The van der Waals surface area contributed by atoms with Gasteiger partial charge in [0.25, 0.3) is 0 Å². The molecule has 3 aromatic rings. The van der Waals surface area contributed by atoms with Crippen molar-refractivity contribution in [1.29, 1.82) is 0 Å². The predicted octanol–water partition coefficient (Wildman–Crippen LogP) is 5.05. The molecule has 5 N–H and O–H groups in total. The molecular formula is C23H26ClF4I2N9O. The molecule has 1 aromatic carbocycles. The molecule has 4 rings (SSSR count).